The maximum Gasteiger partial charge on any atom is 0.311 e. The lowest BCUT2D eigenvalue weighted by molar-refractivity contribution is -0.154. The van der Waals surface area contributed by atoms with Crippen molar-refractivity contribution in [2.24, 2.45) is 10.8 Å². The Morgan fingerprint density at radius 3 is 1.88 bits per heavy atom. The zero-order valence-corrected chi connectivity index (χ0v) is 10.8. The second-order valence-electron chi connectivity index (χ2n) is 6.20. The van der Waals surface area contributed by atoms with Gasteiger partial charge < -0.3 is 15.3 Å². The van der Waals surface area contributed by atoms with E-state index in [0.29, 0.717) is 6.42 Å². The fourth-order valence-corrected chi connectivity index (χ4v) is 1.49. The molecule has 0 saturated carbocycles. The van der Waals surface area contributed by atoms with Gasteiger partial charge in [0.2, 0.25) is 0 Å². The quantitative estimate of drug-likeness (QED) is 0.673. The number of carbonyl (C=O) groups is 1. The Hall–Kier alpha value is -0.610. The Bertz CT molecular complexity index is 240. The van der Waals surface area contributed by atoms with Gasteiger partial charge in [-0.1, -0.05) is 20.8 Å². The van der Waals surface area contributed by atoms with E-state index in [9.17, 15) is 15.0 Å². The van der Waals surface area contributed by atoms with Crippen molar-refractivity contribution < 1.29 is 20.1 Å². The highest BCUT2D eigenvalue weighted by molar-refractivity contribution is 5.74. The van der Waals surface area contributed by atoms with Crippen molar-refractivity contribution >= 4 is 5.97 Å². The Morgan fingerprint density at radius 2 is 1.56 bits per heavy atom. The Labute approximate surface area is 97.3 Å². The van der Waals surface area contributed by atoms with Crippen molar-refractivity contribution in [3.8, 4) is 0 Å². The summed E-state index contributed by atoms with van der Waals surface area (Å²) in [6, 6.07) is 0. The van der Waals surface area contributed by atoms with E-state index < -0.39 is 23.6 Å². The summed E-state index contributed by atoms with van der Waals surface area (Å²) < 4.78 is 0. The lowest BCUT2D eigenvalue weighted by Crippen LogP contribution is -2.39. The van der Waals surface area contributed by atoms with Crippen LogP contribution in [0.3, 0.4) is 0 Å². The van der Waals surface area contributed by atoms with E-state index in [1.165, 1.54) is 13.8 Å². The van der Waals surface area contributed by atoms with Crippen LogP contribution in [-0.4, -0.2) is 33.5 Å². The van der Waals surface area contributed by atoms with Crippen LogP contribution in [-0.2, 0) is 4.79 Å². The van der Waals surface area contributed by atoms with Gasteiger partial charge in [-0.05, 0) is 25.7 Å². The van der Waals surface area contributed by atoms with Crippen LogP contribution >= 0.6 is 0 Å². The van der Waals surface area contributed by atoms with Crippen LogP contribution in [0.15, 0.2) is 0 Å². The molecular formula is C12H24O4. The molecule has 2 atom stereocenters. The fourth-order valence-electron chi connectivity index (χ4n) is 1.49. The van der Waals surface area contributed by atoms with Gasteiger partial charge in [-0.3, -0.25) is 4.79 Å². The number of aliphatic carboxylic acids is 1. The number of carboxylic acids is 1. The van der Waals surface area contributed by atoms with Crippen LogP contribution in [0.25, 0.3) is 0 Å². The van der Waals surface area contributed by atoms with Gasteiger partial charge in [0.1, 0.15) is 0 Å². The van der Waals surface area contributed by atoms with Crippen LogP contribution in [0.1, 0.15) is 47.5 Å². The first kappa shape index (κ1) is 15.4. The first-order valence-electron chi connectivity index (χ1n) is 5.56. The molecule has 4 heteroatoms. The first-order chi connectivity index (χ1) is 6.97. The summed E-state index contributed by atoms with van der Waals surface area (Å²) in [4.78, 5) is 10.9. The smallest absolute Gasteiger partial charge is 0.311 e. The van der Waals surface area contributed by atoms with Crippen molar-refractivity contribution in [3.05, 3.63) is 0 Å². The average Bonchev–Trinajstić information content (AvgIpc) is 1.99. The zero-order chi connectivity index (χ0) is 13.1. The molecule has 0 fully saturated rings. The molecule has 3 N–H and O–H groups in total. The van der Waals surface area contributed by atoms with Gasteiger partial charge in [0.25, 0.3) is 0 Å². The van der Waals surface area contributed by atoms with Gasteiger partial charge in [-0.15, -0.1) is 0 Å². The third-order valence-electron chi connectivity index (χ3n) is 2.73. The minimum absolute atomic E-state index is 0.0352. The molecule has 0 aliphatic heterocycles. The summed E-state index contributed by atoms with van der Waals surface area (Å²) in [7, 11) is 0. The highest BCUT2D eigenvalue weighted by Crippen LogP contribution is 2.28. The highest BCUT2D eigenvalue weighted by atomic mass is 16.4. The normalized spacial score (nSPS) is 16.9. The number of aliphatic hydroxyl groups excluding tert-OH is 2. The second kappa shape index (κ2) is 5.15. The molecule has 16 heavy (non-hydrogen) atoms. The van der Waals surface area contributed by atoms with Crippen LogP contribution in [0.5, 0.6) is 0 Å². The second-order valence-corrected chi connectivity index (χ2v) is 6.20. The number of hydrogen-bond acceptors (Lipinski definition) is 3. The molecular weight excluding hydrogens is 208 g/mol. The van der Waals surface area contributed by atoms with Gasteiger partial charge in [0.15, 0.2) is 0 Å². The summed E-state index contributed by atoms with van der Waals surface area (Å²) in [6.45, 7) is 8.90. The van der Waals surface area contributed by atoms with Crippen molar-refractivity contribution in [1.29, 1.82) is 0 Å². The van der Waals surface area contributed by atoms with E-state index in [2.05, 4.69) is 0 Å². The molecule has 0 heterocycles. The Balaban J connectivity index is 4.35. The van der Waals surface area contributed by atoms with Gasteiger partial charge in [0, 0.05) is 6.42 Å². The van der Waals surface area contributed by atoms with Crippen LogP contribution in [0, 0.1) is 10.8 Å². The van der Waals surface area contributed by atoms with Gasteiger partial charge >= 0.3 is 5.97 Å². The molecule has 0 radical (unpaired) electrons. The molecule has 4 nitrogen and oxygen atoms in total. The van der Waals surface area contributed by atoms with E-state index in [0.717, 1.165) is 0 Å². The lowest BCUT2D eigenvalue weighted by atomic mass is 9.80. The predicted molar refractivity (Wildman–Crippen MR) is 62.1 cm³/mol. The molecule has 0 aliphatic rings. The van der Waals surface area contributed by atoms with Crippen molar-refractivity contribution in [1.82, 2.24) is 0 Å². The van der Waals surface area contributed by atoms with Gasteiger partial charge in [-0.2, -0.15) is 0 Å². The largest absolute Gasteiger partial charge is 0.481 e. The minimum Gasteiger partial charge on any atom is -0.481 e. The third kappa shape index (κ3) is 4.94. The molecule has 0 aromatic carbocycles. The summed E-state index contributed by atoms with van der Waals surface area (Å²) in [6.07, 6.45) is -1.08. The number of hydrogen-bond donors (Lipinski definition) is 3. The minimum atomic E-state index is -1.22. The SMILES string of the molecule is CC(C)(C)CC(O)CC(O)C(C)(C)C(=O)O. The predicted octanol–water partition coefficient (Wildman–Crippen LogP) is 1.65. The van der Waals surface area contributed by atoms with Crippen LogP contribution < -0.4 is 0 Å². The molecule has 0 rings (SSSR count). The maximum atomic E-state index is 10.9. The highest BCUT2D eigenvalue weighted by Gasteiger charge is 2.37. The lowest BCUT2D eigenvalue weighted by Gasteiger charge is -2.29. The van der Waals surface area contributed by atoms with E-state index in [1.807, 2.05) is 20.8 Å². The molecule has 0 saturated heterocycles. The topological polar surface area (TPSA) is 77.8 Å². The standard InChI is InChI=1S/C12H24O4/c1-11(2,3)7-8(13)6-9(14)12(4,5)10(15)16/h8-9,13-14H,6-7H2,1-5H3,(H,15,16). The molecule has 0 bridgehead atoms. The molecule has 0 aromatic rings. The van der Waals surface area contributed by atoms with Gasteiger partial charge in [-0.25, -0.2) is 0 Å². The van der Waals surface area contributed by atoms with E-state index >= 15 is 0 Å². The van der Waals surface area contributed by atoms with E-state index in [1.54, 1.807) is 0 Å². The molecule has 0 aliphatic carbocycles. The maximum absolute atomic E-state index is 10.9. The fraction of sp³-hybridized carbons (Fsp3) is 0.917. The molecule has 0 aromatic heterocycles. The molecule has 96 valence electrons. The summed E-state index contributed by atoms with van der Waals surface area (Å²) in [5, 5.41) is 28.4. The Morgan fingerprint density at radius 1 is 1.12 bits per heavy atom. The first-order valence-corrected chi connectivity index (χ1v) is 5.56. The number of rotatable bonds is 5. The zero-order valence-electron chi connectivity index (χ0n) is 10.8. The van der Waals surface area contributed by atoms with Crippen molar-refractivity contribution in [2.75, 3.05) is 0 Å². The summed E-state index contributed by atoms with van der Waals surface area (Å²) in [5.74, 6) is -1.05. The van der Waals surface area contributed by atoms with E-state index in [-0.39, 0.29) is 11.8 Å². The average molecular weight is 232 g/mol. The molecule has 2 unspecified atom stereocenters. The van der Waals surface area contributed by atoms with Crippen molar-refractivity contribution in [3.63, 3.8) is 0 Å². The Kier molecular flexibility index (Phi) is 4.95. The van der Waals surface area contributed by atoms with Crippen LogP contribution in [0.4, 0.5) is 0 Å². The number of aliphatic hydroxyl groups is 2. The van der Waals surface area contributed by atoms with Crippen molar-refractivity contribution in [2.45, 2.75) is 59.7 Å². The molecule has 0 spiro atoms. The summed E-state index contributed by atoms with van der Waals surface area (Å²) in [5.41, 5.74) is -1.26. The monoisotopic (exact) mass is 232 g/mol. The van der Waals surface area contributed by atoms with Crippen LogP contribution in [0.2, 0.25) is 0 Å². The molecule has 0 amide bonds. The van der Waals surface area contributed by atoms with E-state index in [4.69, 9.17) is 5.11 Å². The number of carboxylic acid groups (broad SMARTS) is 1. The third-order valence-corrected chi connectivity index (χ3v) is 2.73. The van der Waals surface area contributed by atoms with Gasteiger partial charge in [0.05, 0.1) is 17.6 Å². The summed E-state index contributed by atoms with van der Waals surface area (Å²) >= 11 is 0.